The van der Waals surface area contributed by atoms with Gasteiger partial charge >= 0.3 is 0 Å². The van der Waals surface area contributed by atoms with Crippen molar-refractivity contribution in [3.05, 3.63) is 70.7 Å². The minimum atomic E-state index is -1.42. The molecule has 1 aliphatic heterocycles. The van der Waals surface area contributed by atoms with E-state index in [0.29, 0.717) is 10.6 Å². The average molecular weight is 657 g/mol. The van der Waals surface area contributed by atoms with Crippen LogP contribution in [0.5, 0.6) is 0 Å². The number of aliphatic hydroxyl groups is 1. The molecule has 0 radical (unpaired) electrons. The van der Waals surface area contributed by atoms with Gasteiger partial charge in [-0.05, 0) is 36.1 Å². The fourth-order valence-electron chi connectivity index (χ4n) is 4.74. The van der Waals surface area contributed by atoms with Crippen molar-refractivity contribution in [1.82, 2.24) is 31.5 Å². The summed E-state index contributed by atoms with van der Waals surface area (Å²) in [7, 11) is 0. The summed E-state index contributed by atoms with van der Waals surface area (Å²) in [6, 6.07) is 10.9. The third kappa shape index (κ3) is 10.8. The van der Waals surface area contributed by atoms with Gasteiger partial charge in [-0.25, -0.2) is 0 Å². The highest BCUT2D eigenvalue weighted by Gasteiger charge is 2.31. The Morgan fingerprint density at radius 1 is 0.848 bits per heavy atom. The molecule has 1 heterocycles. The molecule has 0 spiro atoms. The maximum Gasteiger partial charge on any atom is 0.245 e. The zero-order valence-corrected chi connectivity index (χ0v) is 26.8. The molecule has 1 fully saturated rings. The molecule has 13 nitrogen and oxygen atoms in total. The summed E-state index contributed by atoms with van der Waals surface area (Å²) in [5, 5.41) is 23.3. The average Bonchev–Trinajstić information content (AvgIpc) is 3.02. The van der Waals surface area contributed by atoms with Crippen molar-refractivity contribution >= 4 is 47.0 Å². The molecular weight excluding hydrogens is 616 g/mol. The number of hydrogen-bond acceptors (Lipinski definition) is 7. The second-order valence-corrected chi connectivity index (χ2v) is 11.9. The van der Waals surface area contributed by atoms with Crippen LogP contribution in [0.1, 0.15) is 31.9 Å². The summed E-state index contributed by atoms with van der Waals surface area (Å²) in [5.41, 5.74) is 1.40. The molecule has 6 N–H and O–H groups in total. The molecule has 2 aromatic carbocycles. The van der Waals surface area contributed by atoms with Crippen LogP contribution < -0.4 is 26.6 Å². The number of halogens is 1. The maximum absolute atomic E-state index is 13.4. The predicted octanol–water partition coefficient (Wildman–Crippen LogP) is -0.309. The second kappa shape index (κ2) is 17.3. The summed E-state index contributed by atoms with van der Waals surface area (Å²) in [5.74, 6) is -4.20. The molecule has 0 saturated carbocycles. The molecule has 14 heteroatoms. The van der Waals surface area contributed by atoms with Gasteiger partial charge in [-0.2, -0.15) is 0 Å². The van der Waals surface area contributed by atoms with E-state index in [0.717, 1.165) is 5.56 Å². The zero-order chi connectivity index (χ0) is 33.8. The van der Waals surface area contributed by atoms with Crippen molar-refractivity contribution in [2.45, 2.75) is 57.8 Å². The molecule has 0 aromatic heterocycles. The van der Waals surface area contributed by atoms with Crippen LogP contribution >= 0.6 is 11.6 Å². The number of carbonyl (C=O) groups excluding carboxylic acids is 6. The summed E-state index contributed by atoms with van der Waals surface area (Å²) >= 11 is 5.97. The first kappa shape index (κ1) is 36.0. The van der Waals surface area contributed by atoms with Gasteiger partial charge in [0.1, 0.15) is 24.2 Å². The van der Waals surface area contributed by atoms with E-state index < -0.39 is 72.8 Å². The van der Waals surface area contributed by atoms with Crippen LogP contribution in [0.3, 0.4) is 0 Å². The van der Waals surface area contributed by atoms with E-state index >= 15 is 0 Å². The highest BCUT2D eigenvalue weighted by atomic mass is 35.5. The van der Waals surface area contributed by atoms with Crippen molar-refractivity contribution in [2.75, 3.05) is 26.2 Å². The lowest BCUT2D eigenvalue weighted by molar-refractivity contribution is -0.138. The van der Waals surface area contributed by atoms with Crippen LogP contribution in [0.4, 0.5) is 0 Å². The number of nitrogens with zero attached hydrogens (tertiary/aromatic N) is 1. The van der Waals surface area contributed by atoms with Crippen molar-refractivity contribution in [1.29, 1.82) is 0 Å². The van der Waals surface area contributed by atoms with E-state index in [2.05, 4.69) is 26.6 Å². The Labute approximate surface area is 272 Å². The first-order chi connectivity index (χ1) is 21.9. The van der Waals surface area contributed by atoms with Crippen molar-refractivity contribution in [2.24, 2.45) is 5.92 Å². The number of nitrogens with one attached hydrogen (secondary N) is 5. The quantitative estimate of drug-likeness (QED) is 0.246. The standard InChI is InChI=1S/C32H41ClN6O7/c1-19(2)28-32(46)35-20(3)29(43)37-25(18-40)31(45)36-24(15-21-7-5-4-6-8-21)30(44)34-13-14-39(17-26(41)38-28)27(42)16-22-9-11-23(33)12-10-22/h4-12,19-20,24-25,28,40H,13-18H2,1-3H3,(H,34,44)(H,35,46)(H,36,45)(H,37,43)(H,38,41)/t20-,24+,25-,28+/m0/s1. The largest absolute Gasteiger partial charge is 0.394 e. The number of carbonyl (C=O) groups is 6. The highest BCUT2D eigenvalue weighted by Crippen LogP contribution is 2.11. The molecular formula is C32H41ClN6O7. The topological polar surface area (TPSA) is 186 Å². The van der Waals surface area contributed by atoms with Gasteiger partial charge in [-0.1, -0.05) is 67.9 Å². The Morgan fingerprint density at radius 2 is 1.50 bits per heavy atom. The van der Waals surface area contributed by atoms with Crippen LogP contribution in [-0.2, 0) is 41.6 Å². The SMILES string of the molecule is CC(C)[C@H]1NC(=O)CN(C(=O)Cc2ccc(Cl)cc2)CCNC(=O)[C@@H](Cc2ccccc2)NC(=O)[C@H](CO)NC(=O)[C@H](C)NC1=O. The molecule has 2 aromatic rings. The molecule has 1 aliphatic rings. The van der Waals surface area contributed by atoms with Gasteiger partial charge in [0.15, 0.2) is 0 Å². The summed E-state index contributed by atoms with van der Waals surface area (Å²) < 4.78 is 0. The van der Waals surface area contributed by atoms with E-state index in [1.807, 2.05) is 0 Å². The Kier molecular flexibility index (Phi) is 13.5. The van der Waals surface area contributed by atoms with E-state index in [4.69, 9.17) is 11.6 Å². The fraction of sp³-hybridized carbons (Fsp3) is 0.438. The normalized spacial score (nSPS) is 22.5. The Morgan fingerprint density at radius 3 is 2.13 bits per heavy atom. The lowest BCUT2D eigenvalue weighted by Crippen LogP contribution is -2.60. The number of rotatable bonds is 6. The first-order valence-corrected chi connectivity index (χ1v) is 15.4. The molecule has 6 amide bonds. The molecule has 4 atom stereocenters. The molecule has 0 unspecified atom stereocenters. The number of benzene rings is 2. The van der Waals surface area contributed by atoms with Gasteiger partial charge in [0.25, 0.3) is 0 Å². The molecule has 248 valence electrons. The highest BCUT2D eigenvalue weighted by molar-refractivity contribution is 6.30. The summed E-state index contributed by atoms with van der Waals surface area (Å²) in [6.45, 7) is 3.51. The van der Waals surface area contributed by atoms with Crippen molar-refractivity contribution in [3.63, 3.8) is 0 Å². The Hall–Kier alpha value is -4.49. The van der Waals surface area contributed by atoms with Crippen molar-refractivity contribution in [3.8, 4) is 0 Å². The molecule has 0 bridgehead atoms. The van der Waals surface area contributed by atoms with Crippen LogP contribution in [0.2, 0.25) is 5.02 Å². The van der Waals surface area contributed by atoms with Crippen LogP contribution in [-0.4, -0.2) is 95.9 Å². The molecule has 46 heavy (non-hydrogen) atoms. The smallest absolute Gasteiger partial charge is 0.245 e. The Balaban J connectivity index is 1.90. The summed E-state index contributed by atoms with van der Waals surface area (Å²) in [6.07, 6.45) is 0.0452. The van der Waals surface area contributed by atoms with Crippen LogP contribution in [0, 0.1) is 5.92 Å². The van der Waals surface area contributed by atoms with Gasteiger partial charge in [0, 0.05) is 24.5 Å². The number of hydrogen-bond donors (Lipinski definition) is 6. The first-order valence-electron chi connectivity index (χ1n) is 15.0. The molecule has 0 aliphatic carbocycles. The van der Waals surface area contributed by atoms with E-state index in [1.165, 1.54) is 11.8 Å². The molecule has 1 saturated heterocycles. The monoisotopic (exact) mass is 656 g/mol. The van der Waals surface area contributed by atoms with Gasteiger partial charge in [-0.3, -0.25) is 28.8 Å². The second-order valence-electron chi connectivity index (χ2n) is 11.4. The van der Waals surface area contributed by atoms with Gasteiger partial charge < -0.3 is 36.6 Å². The number of aliphatic hydroxyl groups excluding tert-OH is 1. The lowest BCUT2D eigenvalue weighted by Gasteiger charge is -2.28. The lowest BCUT2D eigenvalue weighted by atomic mass is 10.0. The van der Waals surface area contributed by atoms with Crippen LogP contribution in [0.25, 0.3) is 0 Å². The fourth-order valence-corrected chi connectivity index (χ4v) is 4.86. The zero-order valence-electron chi connectivity index (χ0n) is 26.0. The Bertz CT molecular complexity index is 1390. The van der Waals surface area contributed by atoms with Gasteiger partial charge in [0.05, 0.1) is 19.6 Å². The summed E-state index contributed by atoms with van der Waals surface area (Å²) in [4.78, 5) is 80.4. The number of amides is 6. The van der Waals surface area contributed by atoms with Gasteiger partial charge in [-0.15, -0.1) is 0 Å². The third-order valence-electron chi connectivity index (χ3n) is 7.39. The maximum atomic E-state index is 13.4. The van der Waals surface area contributed by atoms with Gasteiger partial charge in [0.2, 0.25) is 35.4 Å². The predicted molar refractivity (Wildman–Crippen MR) is 170 cm³/mol. The minimum absolute atomic E-state index is 0.0473. The van der Waals surface area contributed by atoms with E-state index in [-0.39, 0.29) is 31.8 Å². The van der Waals surface area contributed by atoms with Crippen LogP contribution in [0.15, 0.2) is 54.6 Å². The van der Waals surface area contributed by atoms with E-state index in [9.17, 15) is 33.9 Å². The van der Waals surface area contributed by atoms with Crippen molar-refractivity contribution < 1.29 is 33.9 Å². The molecule has 3 rings (SSSR count). The van der Waals surface area contributed by atoms with E-state index in [1.54, 1.807) is 68.4 Å². The third-order valence-corrected chi connectivity index (χ3v) is 7.64. The minimum Gasteiger partial charge on any atom is -0.394 e.